The van der Waals surface area contributed by atoms with Gasteiger partial charge in [-0.05, 0) is 62.1 Å². The second kappa shape index (κ2) is 12.8. The van der Waals surface area contributed by atoms with Crippen LogP contribution in [0, 0.1) is 0 Å². The fourth-order valence-electron chi connectivity index (χ4n) is 4.40. The lowest BCUT2D eigenvalue weighted by Gasteiger charge is -2.27. The van der Waals surface area contributed by atoms with Crippen molar-refractivity contribution in [2.45, 2.75) is 52.1 Å². The number of nitrogens with one attached hydrogen (secondary N) is 2. The molecule has 1 aliphatic rings. The van der Waals surface area contributed by atoms with E-state index in [0.717, 1.165) is 17.7 Å². The Morgan fingerprint density at radius 1 is 1.02 bits per heavy atom. The first-order chi connectivity index (χ1) is 19.8. The molecule has 2 amide bonds. The third-order valence-corrected chi connectivity index (χ3v) is 6.55. The molecule has 1 saturated heterocycles. The number of anilines is 1. The Bertz CT molecular complexity index is 1400. The van der Waals surface area contributed by atoms with Crippen LogP contribution in [-0.4, -0.2) is 53.9 Å². The summed E-state index contributed by atoms with van der Waals surface area (Å²) in [5.74, 6) is 0.269. The normalized spacial score (nSPS) is 14.7. The number of nitrogens with zero attached hydrogens (tertiary/aromatic N) is 3. The topological polar surface area (TPSA) is 106 Å². The van der Waals surface area contributed by atoms with E-state index in [4.69, 9.17) is 9.47 Å². The number of ether oxygens (including phenoxy) is 2. The summed E-state index contributed by atoms with van der Waals surface area (Å²) in [4.78, 5) is 35.5. The molecule has 9 nitrogen and oxygen atoms in total. The van der Waals surface area contributed by atoms with Crippen LogP contribution < -0.4 is 15.5 Å². The Labute approximate surface area is 242 Å². The van der Waals surface area contributed by atoms with Gasteiger partial charge in [-0.1, -0.05) is 30.3 Å². The highest BCUT2D eigenvalue weighted by Crippen LogP contribution is 2.34. The predicted molar refractivity (Wildman–Crippen MR) is 151 cm³/mol. The fraction of sp³-hybridized carbons (Fsp3) is 0.400. The van der Waals surface area contributed by atoms with Gasteiger partial charge in [-0.15, -0.1) is 0 Å². The minimum absolute atomic E-state index is 0.0258. The van der Waals surface area contributed by atoms with E-state index >= 15 is 0 Å². The molecule has 0 unspecified atom stereocenters. The first-order valence-electron chi connectivity index (χ1n) is 13.5. The van der Waals surface area contributed by atoms with Crippen LogP contribution in [0.3, 0.4) is 0 Å². The highest BCUT2D eigenvalue weighted by molar-refractivity contribution is 5.93. The van der Waals surface area contributed by atoms with Crippen molar-refractivity contribution in [3.63, 3.8) is 0 Å². The lowest BCUT2D eigenvalue weighted by Crippen LogP contribution is -2.37. The number of carbonyl (C=O) groups is 2. The van der Waals surface area contributed by atoms with Gasteiger partial charge < -0.3 is 25.0 Å². The quantitative estimate of drug-likeness (QED) is 0.377. The van der Waals surface area contributed by atoms with E-state index in [2.05, 4.69) is 20.6 Å². The minimum atomic E-state index is -4.53. The van der Waals surface area contributed by atoms with E-state index in [1.807, 2.05) is 4.90 Å². The molecule has 1 aromatic heterocycles. The van der Waals surface area contributed by atoms with Crippen molar-refractivity contribution in [1.29, 1.82) is 0 Å². The molecule has 1 aliphatic heterocycles. The molecule has 0 radical (unpaired) electrons. The van der Waals surface area contributed by atoms with Gasteiger partial charge in [-0.25, -0.2) is 14.8 Å². The van der Waals surface area contributed by atoms with Crippen molar-refractivity contribution in [2.24, 2.45) is 0 Å². The Hall–Kier alpha value is -4.19. The van der Waals surface area contributed by atoms with Crippen LogP contribution in [0.1, 0.15) is 60.9 Å². The maximum atomic E-state index is 13.5. The molecule has 42 heavy (non-hydrogen) atoms. The van der Waals surface area contributed by atoms with E-state index < -0.39 is 29.5 Å². The van der Waals surface area contributed by atoms with Gasteiger partial charge >= 0.3 is 12.3 Å². The first-order valence-corrected chi connectivity index (χ1v) is 13.5. The van der Waals surface area contributed by atoms with Crippen LogP contribution in [0.2, 0.25) is 0 Å². The Morgan fingerprint density at radius 3 is 2.36 bits per heavy atom. The van der Waals surface area contributed by atoms with Gasteiger partial charge in [0.05, 0.1) is 24.8 Å². The minimum Gasteiger partial charge on any atom is -0.444 e. The average molecular weight is 586 g/mol. The number of aromatic nitrogens is 2. The summed E-state index contributed by atoms with van der Waals surface area (Å²) in [5, 5.41) is 5.52. The number of morpholine rings is 1. The molecular weight excluding hydrogens is 551 g/mol. The van der Waals surface area contributed by atoms with Gasteiger partial charge in [-0.2, -0.15) is 13.2 Å². The van der Waals surface area contributed by atoms with Crippen LogP contribution in [-0.2, 0) is 22.2 Å². The van der Waals surface area contributed by atoms with Gasteiger partial charge in [0.15, 0.2) is 0 Å². The van der Waals surface area contributed by atoms with Crippen LogP contribution >= 0.6 is 0 Å². The van der Waals surface area contributed by atoms with Crippen molar-refractivity contribution in [2.75, 3.05) is 31.2 Å². The summed E-state index contributed by atoms with van der Waals surface area (Å²) in [7, 11) is 0. The maximum absolute atomic E-state index is 13.5. The molecule has 0 aliphatic carbocycles. The lowest BCUT2D eigenvalue weighted by molar-refractivity contribution is -0.137. The molecule has 2 aromatic carbocycles. The molecular formula is C30H34F3N5O4. The molecule has 0 bridgehead atoms. The zero-order valence-electron chi connectivity index (χ0n) is 23.9. The number of benzene rings is 2. The van der Waals surface area contributed by atoms with Crippen LogP contribution in [0.15, 0.2) is 54.9 Å². The smallest absolute Gasteiger partial charge is 0.416 e. The molecule has 1 atom stereocenters. The molecule has 224 valence electrons. The van der Waals surface area contributed by atoms with Crippen LogP contribution in [0.5, 0.6) is 0 Å². The number of amides is 2. The number of hydrogen-bond donors (Lipinski definition) is 2. The fourth-order valence-corrected chi connectivity index (χ4v) is 4.40. The van der Waals surface area contributed by atoms with Crippen molar-refractivity contribution >= 4 is 17.8 Å². The van der Waals surface area contributed by atoms with E-state index in [0.29, 0.717) is 48.8 Å². The number of alkyl halides is 3. The zero-order valence-corrected chi connectivity index (χ0v) is 23.9. The summed E-state index contributed by atoms with van der Waals surface area (Å²) < 4.78 is 51.2. The highest BCUT2D eigenvalue weighted by atomic mass is 19.4. The molecule has 0 spiro atoms. The van der Waals surface area contributed by atoms with Crippen molar-refractivity contribution in [1.82, 2.24) is 20.6 Å². The number of alkyl carbamates (subject to hydrolysis) is 1. The molecule has 2 N–H and O–H groups in total. The summed E-state index contributed by atoms with van der Waals surface area (Å²) in [6.45, 7) is 9.45. The summed E-state index contributed by atoms with van der Waals surface area (Å²) in [6.07, 6.45) is -3.86. The van der Waals surface area contributed by atoms with Crippen molar-refractivity contribution < 1.29 is 32.2 Å². The maximum Gasteiger partial charge on any atom is 0.416 e. The summed E-state index contributed by atoms with van der Waals surface area (Å²) in [6, 6.07) is 11.5. The number of carbonyl (C=O) groups excluding carboxylic acids is 2. The standard InChI is InChI=1S/C30H34F3N5O4/c1-19(37-27(39)25-16-26(36-18-35-25)38-11-13-41-14-12-38)20-5-7-21(8-6-20)24-15-23(30(31,32)33)10-9-22(24)17-34-28(40)42-29(2,3)4/h5-10,15-16,18-19H,11-14,17H2,1-4H3,(H,34,40)(H,37,39)/t19-/m1/s1. The predicted octanol–water partition coefficient (Wildman–Crippen LogP) is 5.51. The number of halogens is 3. The molecule has 2 heterocycles. The van der Waals surface area contributed by atoms with E-state index in [9.17, 15) is 22.8 Å². The largest absolute Gasteiger partial charge is 0.444 e. The molecule has 4 rings (SSSR count). The Balaban J connectivity index is 1.49. The highest BCUT2D eigenvalue weighted by Gasteiger charge is 2.31. The summed E-state index contributed by atoms with van der Waals surface area (Å²) in [5.41, 5.74) is 0.785. The molecule has 0 saturated carbocycles. The molecule has 3 aromatic rings. The van der Waals surface area contributed by atoms with Gasteiger partial charge in [0.1, 0.15) is 23.4 Å². The monoisotopic (exact) mass is 585 g/mol. The lowest BCUT2D eigenvalue weighted by atomic mass is 9.95. The molecule has 12 heteroatoms. The van der Waals surface area contributed by atoms with E-state index in [-0.39, 0.29) is 18.1 Å². The Morgan fingerprint density at radius 2 is 1.71 bits per heavy atom. The Kier molecular flexibility index (Phi) is 9.35. The number of hydrogen-bond acceptors (Lipinski definition) is 7. The van der Waals surface area contributed by atoms with Gasteiger partial charge in [0, 0.05) is 25.7 Å². The third-order valence-electron chi connectivity index (χ3n) is 6.55. The van der Waals surface area contributed by atoms with Crippen molar-refractivity contribution in [3.8, 4) is 11.1 Å². The number of rotatable bonds is 7. The third kappa shape index (κ3) is 8.19. The molecule has 1 fully saturated rings. The second-order valence-electron chi connectivity index (χ2n) is 10.9. The zero-order chi connectivity index (χ0) is 30.5. The van der Waals surface area contributed by atoms with Gasteiger partial charge in [-0.3, -0.25) is 4.79 Å². The first kappa shape index (κ1) is 30.8. The SMILES string of the molecule is C[C@@H](NC(=O)c1cc(N2CCOCC2)ncn1)c1ccc(-c2cc(C(F)(F)F)ccc2CNC(=O)OC(C)(C)C)cc1. The van der Waals surface area contributed by atoms with Crippen LogP contribution in [0.4, 0.5) is 23.8 Å². The van der Waals surface area contributed by atoms with Gasteiger partial charge in [0.25, 0.3) is 5.91 Å². The van der Waals surface area contributed by atoms with Crippen molar-refractivity contribution in [3.05, 3.63) is 77.2 Å². The summed E-state index contributed by atoms with van der Waals surface area (Å²) >= 11 is 0. The second-order valence-corrected chi connectivity index (χ2v) is 10.9. The van der Waals surface area contributed by atoms with E-state index in [1.165, 1.54) is 12.4 Å². The van der Waals surface area contributed by atoms with Gasteiger partial charge in [0.2, 0.25) is 0 Å². The van der Waals surface area contributed by atoms with E-state index in [1.54, 1.807) is 58.0 Å². The van der Waals surface area contributed by atoms with Crippen LogP contribution in [0.25, 0.3) is 11.1 Å². The average Bonchev–Trinajstić information content (AvgIpc) is 2.95.